The van der Waals surface area contributed by atoms with Crippen molar-refractivity contribution in [1.29, 1.82) is 0 Å². The fourth-order valence-electron chi connectivity index (χ4n) is 2.95. The summed E-state index contributed by atoms with van der Waals surface area (Å²) in [5.74, 6) is 1.04. The number of halogens is 1. The Morgan fingerprint density at radius 2 is 2.17 bits per heavy atom. The molecular formula is C18H21ClN2O3. The number of aryl methyl sites for hydroxylation is 1. The summed E-state index contributed by atoms with van der Waals surface area (Å²) in [6.45, 7) is 1.99. The Labute approximate surface area is 146 Å². The molecule has 0 bridgehead atoms. The molecular weight excluding hydrogens is 328 g/mol. The summed E-state index contributed by atoms with van der Waals surface area (Å²) in [5.41, 5.74) is 0.975. The van der Waals surface area contributed by atoms with Crippen molar-refractivity contribution in [3.8, 4) is 5.75 Å². The molecule has 5 nitrogen and oxygen atoms in total. The average Bonchev–Trinajstić information content (AvgIpc) is 2.95. The van der Waals surface area contributed by atoms with Crippen LogP contribution in [0.15, 0.2) is 28.8 Å². The molecule has 0 aliphatic heterocycles. The van der Waals surface area contributed by atoms with E-state index in [4.69, 9.17) is 20.9 Å². The van der Waals surface area contributed by atoms with Crippen LogP contribution in [0.1, 0.15) is 53.9 Å². The van der Waals surface area contributed by atoms with Gasteiger partial charge in [0.05, 0.1) is 5.56 Å². The first-order valence-corrected chi connectivity index (χ1v) is 8.65. The van der Waals surface area contributed by atoms with Gasteiger partial charge in [0.1, 0.15) is 18.1 Å². The maximum atomic E-state index is 12.5. The summed E-state index contributed by atoms with van der Waals surface area (Å²) in [4.78, 5) is 12.5. The van der Waals surface area contributed by atoms with E-state index in [2.05, 4.69) is 10.5 Å². The first-order valence-electron chi connectivity index (χ1n) is 8.28. The van der Waals surface area contributed by atoms with Crippen LogP contribution in [0, 0.1) is 6.92 Å². The van der Waals surface area contributed by atoms with Crippen molar-refractivity contribution in [3.63, 3.8) is 0 Å². The number of aromatic nitrogens is 1. The van der Waals surface area contributed by atoms with E-state index in [-0.39, 0.29) is 18.6 Å². The maximum absolute atomic E-state index is 12.5. The standard InChI is InChI=1S/C18H21ClN2O3/c1-12-16(11-23-15-9-5-6-13(19)10-15)17(21-24-12)18(22)20-14-7-3-2-4-8-14/h5-6,9-10,14H,2-4,7-8,11H2,1H3,(H,20,22). The lowest BCUT2D eigenvalue weighted by atomic mass is 9.95. The third kappa shape index (κ3) is 4.09. The lowest BCUT2D eigenvalue weighted by Crippen LogP contribution is -2.36. The first kappa shape index (κ1) is 16.8. The maximum Gasteiger partial charge on any atom is 0.274 e. The molecule has 1 amide bonds. The van der Waals surface area contributed by atoms with Crippen molar-refractivity contribution in [2.75, 3.05) is 0 Å². The van der Waals surface area contributed by atoms with E-state index in [9.17, 15) is 4.79 Å². The minimum Gasteiger partial charge on any atom is -0.489 e. The molecule has 0 unspecified atom stereocenters. The molecule has 128 valence electrons. The van der Waals surface area contributed by atoms with E-state index >= 15 is 0 Å². The summed E-state index contributed by atoms with van der Waals surface area (Å²) >= 11 is 5.95. The zero-order valence-electron chi connectivity index (χ0n) is 13.7. The number of rotatable bonds is 5. The Kier molecular flexibility index (Phi) is 5.41. The molecule has 0 spiro atoms. The molecule has 1 saturated carbocycles. The quantitative estimate of drug-likeness (QED) is 0.876. The van der Waals surface area contributed by atoms with Crippen molar-refractivity contribution in [3.05, 3.63) is 46.3 Å². The van der Waals surface area contributed by atoms with Crippen LogP contribution >= 0.6 is 11.6 Å². The Morgan fingerprint density at radius 1 is 1.38 bits per heavy atom. The number of nitrogens with one attached hydrogen (secondary N) is 1. The molecule has 0 saturated heterocycles. The monoisotopic (exact) mass is 348 g/mol. The highest BCUT2D eigenvalue weighted by molar-refractivity contribution is 6.30. The molecule has 0 radical (unpaired) electrons. The van der Waals surface area contributed by atoms with Gasteiger partial charge in [0, 0.05) is 11.1 Å². The SMILES string of the molecule is Cc1onc(C(=O)NC2CCCCC2)c1COc1cccc(Cl)c1. The number of benzene rings is 1. The number of carbonyl (C=O) groups excluding carboxylic acids is 1. The molecule has 1 aliphatic rings. The zero-order chi connectivity index (χ0) is 16.9. The van der Waals surface area contributed by atoms with Gasteiger partial charge in [0.25, 0.3) is 5.91 Å². The average molecular weight is 349 g/mol. The summed E-state index contributed by atoms with van der Waals surface area (Å²) in [6.07, 6.45) is 5.61. The highest BCUT2D eigenvalue weighted by atomic mass is 35.5. The molecule has 1 aromatic heterocycles. The smallest absolute Gasteiger partial charge is 0.274 e. The molecule has 0 atom stereocenters. The van der Waals surface area contributed by atoms with Gasteiger partial charge in [-0.25, -0.2) is 0 Å². The number of ether oxygens (including phenoxy) is 1. The summed E-state index contributed by atoms with van der Waals surface area (Å²) in [6, 6.07) is 7.37. The molecule has 1 aliphatic carbocycles. The molecule has 3 rings (SSSR count). The Bertz CT molecular complexity index is 708. The van der Waals surface area contributed by atoms with Crippen molar-refractivity contribution in [2.24, 2.45) is 0 Å². The van der Waals surface area contributed by atoms with Crippen LogP contribution < -0.4 is 10.1 Å². The fourth-order valence-corrected chi connectivity index (χ4v) is 3.13. The Hall–Kier alpha value is -2.01. The second-order valence-electron chi connectivity index (χ2n) is 6.12. The van der Waals surface area contributed by atoms with Crippen LogP contribution in [0.25, 0.3) is 0 Å². The zero-order valence-corrected chi connectivity index (χ0v) is 14.4. The van der Waals surface area contributed by atoms with Gasteiger partial charge in [-0.2, -0.15) is 0 Å². The highest BCUT2D eigenvalue weighted by Gasteiger charge is 2.23. The molecule has 6 heteroatoms. The predicted octanol–water partition coefficient (Wildman–Crippen LogP) is 4.28. The van der Waals surface area contributed by atoms with Gasteiger partial charge in [-0.05, 0) is 38.0 Å². The molecule has 1 aromatic carbocycles. The van der Waals surface area contributed by atoms with E-state index in [0.29, 0.717) is 27.8 Å². The summed E-state index contributed by atoms with van der Waals surface area (Å²) in [5, 5.41) is 7.58. The van der Waals surface area contributed by atoms with Gasteiger partial charge in [-0.3, -0.25) is 4.79 Å². The molecule has 1 N–H and O–H groups in total. The predicted molar refractivity (Wildman–Crippen MR) is 91.4 cm³/mol. The number of hydrogen-bond donors (Lipinski definition) is 1. The highest BCUT2D eigenvalue weighted by Crippen LogP contribution is 2.22. The largest absolute Gasteiger partial charge is 0.489 e. The van der Waals surface area contributed by atoms with Crippen molar-refractivity contribution in [2.45, 2.75) is 51.7 Å². The van der Waals surface area contributed by atoms with Crippen LogP contribution in [0.5, 0.6) is 5.75 Å². The van der Waals surface area contributed by atoms with E-state index < -0.39 is 0 Å². The fraction of sp³-hybridized carbons (Fsp3) is 0.444. The van der Waals surface area contributed by atoms with Crippen LogP contribution in [-0.4, -0.2) is 17.1 Å². The third-order valence-corrected chi connectivity index (χ3v) is 4.55. The minimum absolute atomic E-state index is 0.191. The Morgan fingerprint density at radius 3 is 2.92 bits per heavy atom. The molecule has 1 heterocycles. The number of hydrogen-bond acceptors (Lipinski definition) is 4. The van der Waals surface area contributed by atoms with Gasteiger partial charge >= 0.3 is 0 Å². The van der Waals surface area contributed by atoms with Gasteiger partial charge < -0.3 is 14.6 Å². The normalized spacial score (nSPS) is 15.2. The second-order valence-corrected chi connectivity index (χ2v) is 6.56. The van der Waals surface area contributed by atoms with E-state index in [1.165, 1.54) is 6.42 Å². The Balaban J connectivity index is 1.67. The van der Waals surface area contributed by atoms with Crippen molar-refractivity contribution in [1.82, 2.24) is 10.5 Å². The van der Waals surface area contributed by atoms with Crippen LogP contribution in [0.2, 0.25) is 5.02 Å². The van der Waals surface area contributed by atoms with Gasteiger partial charge in [-0.15, -0.1) is 0 Å². The van der Waals surface area contributed by atoms with E-state index in [1.54, 1.807) is 19.1 Å². The van der Waals surface area contributed by atoms with Crippen LogP contribution in [0.4, 0.5) is 0 Å². The first-order chi connectivity index (χ1) is 11.6. The summed E-state index contributed by atoms with van der Waals surface area (Å²) < 4.78 is 10.9. The number of nitrogens with zero attached hydrogens (tertiary/aromatic N) is 1. The van der Waals surface area contributed by atoms with Gasteiger partial charge in [0.2, 0.25) is 0 Å². The van der Waals surface area contributed by atoms with Crippen molar-refractivity contribution < 1.29 is 14.1 Å². The minimum atomic E-state index is -0.191. The van der Waals surface area contributed by atoms with E-state index in [0.717, 1.165) is 25.7 Å². The third-order valence-electron chi connectivity index (χ3n) is 4.32. The topological polar surface area (TPSA) is 64.4 Å². The van der Waals surface area contributed by atoms with Crippen LogP contribution in [-0.2, 0) is 6.61 Å². The number of carbonyl (C=O) groups is 1. The van der Waals surface area contributed by atoms with Gasteiger partial charge in [-0.1, -0.05) is 42.1 Å². The van der Waals surface area contributed by atoms with E-state index in [1.807, 2.05) is 12.1 Å². The molecule has 24 heavy (non-hydrogen) atoms. The van der Waals surface area contributed by atoms with Gasteiger partial charge in [0.15, 0.2) is 5.69 Å². The number of amides is 1. The van der Waals surface area contributed by atoms with Crippen molar-refractivity contribution >= 4 is 17.5 Å². The summed E-state index contributed by atoms with van der Waals surface area (Å²) in [7, 11) is 0. The lowest BCUT2D eigenvalue weighted by molar-refractivity contribution is 0.0916. The second kappa shape index (κ2) is 7.71. The lowest BCUT2D eigenvalue weighted by Gasteiger charge is -2.22. The molecule has 2 aromatic rings. The molecule has 1 fully saturated rings. The van der Waals surface area contributed by atoms with Crippen LogP contribution in [0.3, 0.4) is 0 Å².